The van der Waals surface area contributed by atoms with Crippen LogP contribution in [0.25, 0.3) is 0 Å². The molecule has 3 nitrogen and oxygen atoms in total. The number of nitrogens with two attached hydrogens (primary N) is 1. The van der Waals surface area contributed by atoms with Gasteiger partial charge in [0.1, 0.15) is 6.29 Å². The zero-order valence-corrected chi connectivity index (χ0v) is 5.73. The molecule has 0 aromatic heterocycles. The normalized spacial score (nSPS) is 25.8. The van der Waals surface area contributed by atoms with E-state index in [-0.39, 0.29) is 6.04 Å². The molecule has 0 fully saturated rings. The molecule has 1 atom stereocenters. The van der Waals surface area contributed by atoms with Crippen LogP contribution in [0.4, 0.5) is 0 Å². The lowest BCUT2D eigenvalue weighted by molar-refractivity contribution is -0.108. The summed E-state index contributed by atoms with van der Waals surface area (Å²) in [5.41, 5.74) is 5.35. The number of aldehydes is 1. The van der Waals surface area contributed by atoms with Gasteiger partial charge in [0.15, 0.2) is 5.17 Å². The first-order valence-electron chi connectivity index (χ1n) is 2.72. The smallest absolute Gasteiger partial charge is 0.154 e. The first-order valence-corrected chi connectivity index (χ1v) is 3.71. The van der Waals surface area contributed by atoms with Gasteiger partial charge < -0.3 is 10.5 Å². The number of amidine groups is 1. The molecular formula is C5H8N2OS. The first-order chi connectivity index (χ1) is 4.33. The third-order valence-corrected chi connectivity index (χ3v) is 2.05. The highest BCUT2D eigenvalue weighted by molar-refractivity contribution is 8.14. The molecular weight excluding hydrogens is 136 g/mol. The summed E-state index contributed by atoms with van der Waals surface area (Å²) >= 11 is 1.51. The van der Waals surface area contributed by atoms with Crippen LogP contribution in [-0.4, -0.2) is 23.2 Å². The van der Waals surface area contributed by atoms with Gasteiger partial charge in [0.2, 0.25) is 0 Å². The van der Waals surface area contributed by atoms with Gasteiger partial charge in [0.25, 0.3) is 0 Å². The summed E-state index contributed by atoms with van der Waals surface area (Å²) in [5.74, 6) is 0.866. The van der Waals surface area contributed by atoms with Crippen molar-refractivity contribution in [2.24, 2.45) is 10.7 Å². The maximum absolute atomic E-state index is 9.95. The van der Waals surface area contributed by atoms with E-state index in [1.54, 1.807) is 0 Å². The quantitative estimate of drug-likeness (QED) is 0.555. The van der Waals surface area contributed by atoms with Crippen molar-refractivity contribution in [3.8, 4) is 0 Å². The SMILES string of the molecule is NC1=NC(CC=O)CS1. The lowest BCUT2D eigenvalue weighted by atomic mass is 10.3. The Kier molecular flexibility index (Phi) is 2.10. The molecule has 0 saturated heterocycles. The van der Waals surface area contributed by atoms with E-state index in [1.165, 1.54) is 11.8 Å². The Morgan fingerprint density at radius 3 is 3.22 bits per heavy atom. The molecule has 9 heavy (non-hydrogen) atoms. The molecule has 1 rings (SSSR count). The summed E-state index contributed by atoms with van der Waals surface area (Å²) in [4.78, 5) is 14.0. The van der Waals surface area contributed by atoms with E-state index in [2.05, 4.69) is 4.99 Å². The Balaban J connectivity index is 2.37. The fourth-order valence-electron chi connectivity index (χ4n) is 0.668. The molecule has 0 aromatic rings. The molecule has 1 unspecified atom stereocenters. The van der Waals surface area contributed by atoms with Crippen LogP contribution < -0.4 is 5.73 Å². The summed E-state index contributed by atoms with van der Waals surface area (Å²) in [6.07, 6.45) is 1.39. The predicted molar refractivity (Wildman–Crippen MR) is 38.5 cm³/mol. The summed E-state index contributed by atoms with van der Waals surface area (Å²) in [7, 11) is 0. The maximum atomic E-state index is 9.95. The number of rotatable bonds is 2. The summed E-state index contributed by atoms with van der Waals surface area (Å²) in [5, 5.41) is 0.613. The highest BCUT2D eigenvalue weighted by Gasteiger charge is 2.14. The molecule has 4 heteroatoms. The summed E-state index contributed by atoms with van der Waals surface area (Å²) in [6.45, 7) is 0. The molecule has 1 aliphatic heterocycles. The van der Waals surface area contributed by atoms with E-state index in [0.29, 0.717) is 11.6 Å². The number of hydrogen-bond donors (Lipinski definition) is 1. The molecule has 0 aromatic carbocycles. The Morgan fingerprint density at radius 2 is 2.78 bits per heavy atom. The average molecular weight is 144 g/mol. The van der Waals surface area contributed by atoms with Gasteiger partial charge in [0, 0.05) is 12.2 Å². The van der Waals surface area contributed by atoms with Crippen molar-refractivity contribution < 1.29 is 4.79 Å². The van der Waals surface area contributed by atoms with Gasteiger partial charge in [-0.05, 0) is 0 Å². The van der Waals surface area contributed by atoms with E-state index in [9.17, 15) is 4.79 Å². The highest BCUT2D eigenvalue weighted by atomic mass is 32.2. The number of nitrogens with zero attached hydrogens (tertiary/aromatic N) is 1. The number of carbonyl (C=O) groups is 1. The minimum Gasteiger partial charge on any atom is -0.379 e. The molecule has 1 aliphatic rings. The molecule has 0 spiro atoms. The Bertz CT molecular complexity index is 146. The van der Waals surface area contributed by atoms with Crippen molar-refractivity contribution in [1.82, 2.24) is 0 Å². The van der Waals surface area contributed by atoms with E-state index < -0.39 is 0 Å². The van der Waals surface area contributed by atoms with Crippen LogP contribution in [0.15, 0.2) is 4.99 Å². The molecule has 0 bridgehead atoms. The Morgan fingerprint density at radius 1 is 2.00 bits per heavy atom. The predicted octanol–water partition coefficient (Wildman–Crippen LogP) is 0.00550. The van der Waals surface area contributed by atoms with Crippen LogP contribution in [0.2, 0.25) is 0 Å². The largest absolute Gasteiger partial charge is 0.379 e. The topological polar surface area (TPSA) is 55.4 Å². The minimum atomic E-state index is 0.146. The second kappa shape index (κ2) is 2.87. The lowest BCUT2D eigenvalue weighted by Gasteiger charge is -1.94. The fourth-order valence-corrected chi connectivity index (χ4v) is 1.47. The second-order valence-corrected chi connectivity index (χ2v) is 2.87. The van der Waals surface area contributed by atoms with Gasteiger partial charge in [-0.2, -0.15) is 0 Å². The van der Waals surface area contributed by atoms with Crippen molar-refractivity contribution >= 4 is 23.2 Å². The Labute approximate surface area is 57.7 Å². The van der Waals surface area contributed by atoms with Gasteiger partial charge in [-0.1, -0.05) is 11.8 Å². The number of thioether (sulfide) groups is 1. The average Bonchev–Trinajstić information content (AvgIpc) is 2.17. The third kappa shape index (κ3) is 1.71. The molecule has 0 saturated carbocycles. The van der Waals surface area contributed by atoms with Crippen LogP contribution in [0.1, 0.15) is 6.42 Å². The molecule has 0 amide bonds. The lowest BCUT2D eigenvalue weighted by Crippen LogP contribution is -2.04. The highest BCUT2D eigenvalue weighted by Crippen LogP contribution is 2.15. The fraction of sp³-hybridized carbons (Fsp3) is 0.600. The maximum Gasteiger partial charge on any atom is 0.154 e. The van der Waals surface area contributed by atoms with Crippen LogP contribution in [-0.2, 0) is 4.79 Å². The van der Waals surface area contributed by atoms with Crippen molar-refractivity contribution in [1.29, 1.82) is 0 Å². The molecule has 0 aliphatic carbocycles. The van der Waals surface area contributed by atoms with E-state index in [4.69, 9.17) is 5.73 Å². The van der Waals surface area contributed by atoms with E-state index in [1.807, 2.05) is 0 Å². The van der Waals surface area contributed by atoms with Gasteiger partial charge in [-0.3, -0.25) is 4.99 Å². The summed E-state index contributed by atoms with van der Waals surface area (Å²) < 4.78 is 0. The van der Waals surface area contributed by atoms with E-state index in [0.717, 1.165) is 12.0 Å². The summed E-state index contributed by atoms with van der Waals surface area (Å²) in [6, 6.07) is 0.146. The minimum absolute atomic E-state index is 0.146. The zero-order valence-electron chi connectivity index (χ0n) is 4.91. The number of hydrogen-bond acceptors (Lipinski definition) is 4. The van der Waals surface area contributed by atoms with Crippen molar-refractivity contribution in [2.75, 3.05) is 5.75 Å². The van der Waals surface area contributed by atoms with Crippen LogP contribution in [0.3, 0.4) is 0 Å². The van der Waals surface area contributed by atoms with Gasteiger partial charge in [0.05, 0.1) is 6.04 Å². The molecule has 50 valence electrons. The van der Waals surface area contributed by atoms with Crippen LogP contribution >= 0.6 is 11.8 Å². The van der Waals surface area contributed by atoms with E-state index >= 15 is 0 Å². The number of carbonyl (C=O) groups excluding carboxylic acids is 1. The molecule has 1 heterocycles. The third-order valence-electron chi connectivity index (χ3n) is 1.10. The van der Waals surface area contributed by atoms with Gasteiger partial charge >= 0.3 is 0 Å². The monoisotopic (exact) mass is 144 g/mol. The first kappa shape index (κ1) is 6.61. The number of aliphatic imine (C=N–C) groups is 1. The molecule has 2 N–H and O–H groups in total. The van der Waals surface area contributed by atoms with Crippen molar-refractivity contribution in [3.05, 3.63) is 0 Å². The van der Waals surface area contributed by atoms with Gasteiger partial charge in [-0.25, -0.2) is 0 Å². The van der Waals surface area contributed by atoms with Crippen LogP contribution in [0.5, 0.6) is 0 Å². The van der Waals surface area contributed by atoms with Gasteiger partial charge in [-0.15, -0.1) is 0 Å². The van der Waals surface area contributed by atoms with Crippen molar-refractivity contribution in [3.63, 3.8) is 0 Å². The molecule has 0 radical (unpaired) electrons. The standard InChI is InChI=1S/C5H8N2OS/c6-5-7-4(1-2-8)3-9-5/h2,4H,1,3H2,(H2,6,7). The van der Waals surface area contributed by atoms with Crippen molar-refractivity contribution in [2.45, 2.75) is 12.5 Å². The second-order valence-electron chi connectivity index (χ2n) is 1.83. The Hall–Kier alpha value is -0.510. The van der Waals surface area contributed by atoms with Crippen LogP contribution in [0, 0.1) is 0 Å². The zero-order chi connectivity index (χ0) is 6.69.